The number of ether oxygens (including phenoxy) is 2. The van der Waals surface area contributed by atoms with Crippen LogP contribution < -0.4 is 14.6 Å². The first-order chi connectivity index (χ1) is 11.1. The highest BCUT2D eigenvalue weighted by atomic mass is 32.1. The van der Waals surface area contributed by atoms with E-state index in [0.717, 1.165) is 10.1 Å². The minimum absolute atomic E-state index is 0.0134. The van der Waals surface area contributed by atoms with Crippen LogP contribution in [0.2, 0.25) is 0 Å². The van der Waals surface area contributed by atoms with Crippen molar-refractivity contribution in [1.82, 2.24) is 20.6 Å². The molecule has 0 radical (unpaired) electrons. The number of thiophene rings is 1. The maximum Gasteiger partial charge on any atom is 0.288 e. The molecule has 9 heteroatoms. The fourth-order valence-corrected chi connectivity index (χ4v) is 3.02. The topological polar surface area (TPSA) is 108 Å². The number of tetrazole rings is 1. The third-order valence-corrected chi connectivity index (χ3v) is 4.07. The van der Waals surface area contributed by atoms with E-state index < -0.39 is 5.90 Å². The van der Waals surface area contributed by atoms with Gasteiger partial charge in [-0.2, -0.15) is 5.21 Å². The van der Waals surface area contributed by atoms with Crippen LogP contribution in [0.4, 0.5) is 5.95 Å². The van der Waals surface area contributed by atoms with Crippen molar-refractivity contribution < 1.29 is 14.6 Å². The summed E-state index contributed by atoms with van der Waals surface area (Å²) < 4.78 is 12.0. The Labute approximate surface area is 135 Å². The third kappa shape index (κ3) is 3.09. The van der Waals surface area contributed by atoms with Crippen molar-refractivity contribution in [2.24, 2.45) is 4.99 Å². The molecule has 0 bridgehead atoms. The first-order valence-electron chi connectivity index (χ1n) is 6.85. The largest absolute Gasteiger partial charge is 0.857 e. The minimum Gasteiger partial charge on any atom is -0.857 e. The number of benzene rings is 1. The molecule has 0 aliphatic carbocycles. The number of hydrogen-bond donors (Lipinski definition) is 1. The molecule has 23 heavy (non-hydrogen) atoms. The number of aromatic amines is 1. The smallest absolute Gasteiger partial charge is 0.288 e. The van der Waals surface area contributed by atoms with Crippen LogP contribution in [-0.4, -0.2) is 39.7 Å². The zero-order valence-corrected chi connectivity index (χ0v) is 13.5. The van der Waals surface area contributed by atoms with Gasteiger partial charge in [0.1, 0.15) is 11.5 Å². The Bertz CT molecular complexity index is 842. The van der Waals surface area contributed by atoms with E-state index in [1.807, 2.05) is 32.0 Å². The Morgan fingerprint density at radius 1 is 1.39 bits per heavy atom. The van der Waals surface area contributed by atoms with Gasteiger partial charge in [0.05, 0.1) is 18.1 Å². The van der Waals surface area contributed by atoms with Gasteiger partial charge in [0.25, 0.3) is 5.95 Å². The number of H-pyrrole nitrogens is 1. The van der Waals surface area contributed by atoms with E-state index in [1.54, 1.807) is 7.11 Å². The number of aliphatic imine (C=N–C) groups is 1. The SMILES string of the molecule is COc1ccc2sc(/C([O-])=N/c3nn[nH]n3)c(OC(C)C)c2c1. The number of fused-ring (bicyclic) bond motifs is 1. The molecule has 0 fully saturated rings. The van der Waals surface area contributed by atoms with E-state index in [0.29, 0.717) is 16.4 Å². The highest BCUT2D eigenvalue weighted by Gasteiger charge is 2.16. The van der Waals surface area contributed by atoms with Gasteiger partial charge in [-0.15, -0.1) is 16.4 Å². The first kappa shape index (κ1) is 15.2. The van der Waals surface area contributed by atoms with E-state index in [9.17, 15) is 5.11 Å². The lowest BCUT2D eigenvalue weighted by atomic mass is 10.2. The molecule has 2 heterocycles. The van der Waals surface area contributed by atoms with Crippen molar-refractivity contribution in [3.8, 4) is 11.5 Å². The molecular weight excluding hydrogens is 318 g/mol. The van der Waals surface area contributed by atoms with Crippen LogP contribution in [-0.2, 0) is 0 Å². The van der Waals surface area contributed by atoms with Gasteiger partial charge >= 0.3 is 0 Å². The van der Waals surface area contributed by atoms with Gasteiger partial charge in [0, 0.05) is 16.0 Å². The summed E-state index contributed by atoms with van der Waals surface area (Å²) in [5.41, 5.74) is 0. The van der Waals surface area contributed by atoms with E-state index >= 15 is 0 Å². The van der Waals surface area contributed by atoms with Crippen LogP contribution in [0.15, 0.2) is 23.2 Å². The number of nitrogens with one attached hydrogen (secondary N) is 1. The second-order valence-corrected chi connectivity index (χ2v) is 5.97. The number of aromatic nitrogens is 4. The predicted molar refractivity (Wildman–Crippen MR) is 84.5 cm³/mol. The van der Waals surface area contributed by atoms with E-state index in [4.69, 9.17) is 9.47 Å². The van der Waals surface area contributed by atoms with Crippen molar-refractivity contribution in [2.75, 3.05) is 7.11 Å². The Morgan fingerprint density at radius 2 is 2.22 bits per heavy atom. The molecule has 0 saturated heterocycles. The lowest BCUT2D eigenvalue weighted by Gasteiger charge is -2.14. The molecule has 1 N–H and O–H groups in total. The fourth-order valence-electron chi connectivity index (χ4n) is 2.02. The molecular formula is C14H14N5O3S-. The molecule has 3 aromatic rings. The Morgan fingerprint density at radius 3 is 2.87 bits per heavy atom. The van der Waals surface area contributed by atoms with Gasteiger partial charge in [-0.1, -0.05) is 5.10 Å². The molecule has 0 spiro atoms. The summed E-state index contributed by atoms with van der Waals surface area (Å²) in [6, 6.07) is 5.56. The number of methoxy groups -OCH3 is 1. The predicted octanol–water partition coefficient (Wildman–Crippen LogP) is 1.65. The van der Waals surface area contributed by atoms with Crippen molar-refractivity contribution >= 4 is 33.3 Å². The van der Waals surface area contributed by atoms with Crippen LogP contribution in [0, 0.1) is 0 Å². The standard InChI is InChI=1S/C14H15N5O3S/c1-7(2)22-11-9-6-8(21-3)4-5-10(9)23-12(11)13(20)15-14-16-18-19-17-14/h4-7H,1-3H3,(H2,15,16,17,18,19,20)/p-1. The first-order valence-corrected chi connectivity index (χ1v) is 7.67. The molecule has 120 valence electrons. The van der Waals surface area contributed by atoms with E-state index in [1.165, 1.54) is 11.3 Å². The Kier molecular flexibility index (Phi) is 4.11. The fraction of sp³-hybridized carbons (Fsp3) is 0.286. The molecule has 0 atom stereocenters. The summed E-state index contributed by atoms with van der Waals surface area (Å²) in [6.07, 6.45) is -0.0873. The van der Waals surface area contributed by atoms with Crippen LogP contribution >= 0.6 is 11.3 Å². The zero-order valence-electron chi connectivity index (χ0n) is 12.7. The van der Waals surface area contributed by atoms with Crippen molar-refractivity contribution in [3.63, 3.8) is 0 Å². The van der Waals surface area contributed by atoms with Gasteiger partial charge in [-0.05, 0) is 37.3 Å². The Hall–Kier alpha value is -2.68. The quantitative estimate of drug-likeness (QED) is 0.562. The number of nitrogens with zero attached hydrogens (tertiary/aromatic N) is 4. The summed E-state index contributed by atoms with van der Waals surface area (Å²) in [6.45, 7) is 3.79. The molecule has 1 aromatic carbocycles. The summed E-state index contributed by atoms with van der Waals surface area (Å²) in [7, 11) is 1.59. The van der Waals surface area contributed by atoms with Crippen LogP contribution in [0.25, 0.3) is 10.1 Å². The second-order valence-electron chi connectivity index (χ2n) is 4.92. The van der Waals surface area contributed by atoms with Crippen LogP contribution in [0.1, 0.15) is 18.7 Å². The van der Waals surface area contributed by atoms with Crippen molar-refractivity contribution in [2.45, 2.75) is 20.0 Å². The average Bonchev–Trinajstić information content (AvgIpc) is 3.14. The molecule has 2 aromatic heterocycles. The van der Waals surface area contributed by atoms with Crippen LogP contribution in [0.3, 0.4) is 0 Å². The third-order valence-electron chi connectivity index (χ3n) is 2.93. The van der Waals surface area contributed by atoms with Crippen molar-refractivity contribution in [1.29, 1.82) is 0 Å². The minimum atomic E-state index is -0.470. The normalized spacial score (nSPS) is 12.1. The maximum atomic E-state index is 12.4. The van der Waals surface area contributed by atoms with Crippen molar-refractivity contribution in [3.05, 3.63) is 23.1 Å². The highest BCUT2D eigenvalue weighted by Crippen LogP contribution is 2.40. The second kappa shape index (κ2) is 6.21. The summed E-state index contributed by atoms with van der Waals surface area (Å²) in [5.74, 6) is 0.705. The maximum absolute atomic E-state index is 12.4. The zero-order chi connectivity index (χ0) is 16.4. The molecule has 0 aliphatic rings. The lowest BCUT2D eigenvalue weighted by Crippen LogP contribution is -2.19. The monoisotopic (exact) mass is 332 g/mol. The Balaban J connectivity index is 2.14. The number of hydrogen-bond acceptors (Lipinski definition) is 8. The molecule has 0 saturated carbocycles. The molecule has 0 amide bonds. The van der Waals surface area contributed by atoms with Gasteiger partial charge < -0.3 is 14.6 Å². The summed E-state index contributed by atoms with van der Waals surface area (Å²) in [4.78, 5) is 4.23. The van der Waals surface area contributed by atoms with Gasteiger partial charge in [-0.3, -0.25) is 0 Å². The number of rotatable bonds is 5. The average molecular weight is 332 g/mol. The summed E-state index contributed by atoms with van der Waals surface area (Å²) in [5, 5.41) is 26.2. The van der Waals surface area contributed by atoms with E-state index in [2.05, 4.69) is 25.6 Å². The highest BCUT2D eigenvalue weighted by molar-refractivity contribution is 7.21. The molecule has 0 unspecified atom stereocenters. The molecule has 3 rings (SSSR count). The molecule has 0 aliphatic heterocycles. The van der Waals surface area contributed by atoms with E-state index in [-0.39, 0.29) is 12.1 Å². The van der Waals surface area contributed by atoms with Gasteiger partial charge in [-0.25, -0.2) is 4.99 Å². The summed E-state index contributed by atoms with van der Waals surface area (Å²) >= 11 is 1.31. The van der Waals surface area contributed by atoms with Gasteiger partial charge in [0.15, 0.2) is 0 Å². The van der Waals surface area contributed by atoms with Crippen LogP contribution in [0.5, 0.6) is 11.5 Å². The molecule has 8 nitrogen and oxygen atoms in total. The van der Waals surface area contributed by atoms with Gasteiger partial charge in [0.2, 0.25) is 0 Å². The lowest BCUT2D eigenvalue weighted by molar-refractivity contribution is -0.212.